The number of esters is 2. The van der Waals surface area contributed by atoms with Crippen molar-refractivity contribution >= 4 is 17.7 Å². The zero-order chi connectivity index (χ0) is 20.1. The van der Waals surface area contributed by atoms with Gasteiger partial charge in [0, 0.05) is 13.1 Å². The van der Waals surface area contributed by atoms with Gasteiger partial charge < -0.3 is 14.2 Å². The molecule has 2 fully saturated rings. The predicted octanol–water partition coefficient (Wildman–Crippen LogP) is 2.60. The second-order valence-electron chi connectivity index (χ2n) is 8.35. The van der Waals surface area contributed by atoms with Crippen LogP contribution in [0.15, 0.2) is 0 Å². The fourth-order valence-electron chi connectivity index (χ4n) is 3.67. The van der Waals surface area contributed by atoms with E-state index in [1.807, 2.05) is 4.90 Å². The summed E-state index contributed by atoms with van der Waals surface area (Å²) in [6.07, 6.45) is 4.40. The van der Waals surface area contributed by atoms with Crippen molar-refractivity contribution < 1.29 is 28.6 Å². The van der Waals surface area contributed by atoms with Gasteiger partial charge in [-0.05, 0) is 66.2 Å². The van der Waals surface area contributed by atoms with Crippen molar-refractivity contribution in [1.29, 1.82) is 0 Å². The molecule has 1 saturated heterocycles. The van der Waals surface area contributed by atoms with Gasteiger partial charge in [0.1, 0.15) is 5.60 Å². The summed E-state index contributed by atoms with van der Waals surface area (Å²) in [4.78, 5) is 39.8. The summed E-state index contributed by atoms with van der Waals surface area (Å²) in [5.74, 6) is -2.11. The Morgan fingerprint density at radius 3 is 2.11 bits per heavy atom. The van der Waals surface area contributed by atoms with Crippen molar-refractivity contribution in [3.63, 3.8) is 0 Å². The van der Waals surface area contributed by atoms with E-state index in [0.29, 0.717) is 25.9 Å². The van der Waals surface area contributed by atoms with Gasteiger partial charge in [0.25, 0.3) is 5.78 Å². The van der Waals surface area contributed by atoms with Crippen LogP contribution in [-0.4, -0.2) is 59.7 Å². The zero-order valence-corrected chi connectivity index (χ0v) is 17.0. The fourth-order valence-corrected chi connectivity index (χ4v) is 3.67. The van der Waals surface area contributed by atoms with Crippen molar-refractivity contribution in [3.8, 4) is 0 Å². The number of Topliss-reactive ketones (excluding diaryl/α,β-unsaturated/α-hetero) is 1. The lowest BCUT2D eigenvalue weighted by Gasteiger charge is -2.39. The van der Waals surface area contributed by atoms with Crippen LogP contribution in [-0.2, 0) is 28.6 Å². The molecule has 0 radical (unpaired) electrons. The number of ether oxygens (including phenoxy) is 3. The third-order valence-electron chi connectivity index (χ3n) is 4.94. The fraction of sp³-hybridized carbons (Fsp3) is 0.850. The van der Waals surface area contributed by atoms with E-state index in [1.165, 1.54) is 0 Å². The molecule has 1 heterocycles. The minimum Gasteiger partial charge on any atom is -0.464 e. The SMILES string of the molecule is CCOC(=O)C1(OC(C(=O)C(=O)OC(C)(C)C)N2CCCC2)CCCCC1. The maximum absolute atomic E-state index is 12.9. The van der Waals surface area contributed by atoms with E-state index in [-0.39, 0.29) is 6.61 Å². The largest absolute Gasteiger partial charge is 0.464 e. The Hall–Kier alpha value is -1.47. The van der Waals surface area contributed by atoms with E-state index in [9.17, 15) is 14.4 Å². The standard InChI is InChI=1S/C20H33NO6/c1-5-25-18(24)20(11-7-6-8-12-20)26-16(21-13-9-10-14-21)15(22)17(23)27-19(2,3)4/h16H,5-14H2,1-4H3. The van der Waals surface area contributed by atoms with Gasteiger partial charge in [0.05, 0.1) is 6.61 Å². The number of likely N-dealkylation sites (tertiary alicyclic amines) is 1. The first-order valence-electron chi connectivity index (χ1n) is 10.0. The first-order chi connectivity index (χ1) is 12.7. The van der Waals surface area contributed by atoms with Gasteiger partial charge in [-0.15, -0.1) is 0 Å². The number of ketones is 1. The quantitative estimate of drug-likeness (QED) is 0.494. The van der Waals surface area contributed by atoms with Gasteiger partial charge in [-0.25, -0.2) is 9.59 Å². The first-order valence-corrected chi connectivity index (χ1v) is 10.0. The van der Waals surface area contributed by atoms with Crippen molar-refractivity contribution in [3.05, 3.63) is 0 Å². The average Bonchev–Trinajstić information content (AvgIpc) is 3.13. The smallest absolute Gasteiger partial charge is 0.379 e. The molecule has 0 bridgehead atoms. The molecule has 7 heteroatoms. The van der Waals surface area contributed by atoms with Crippen LogP contribution in [0.1, 0.15) is 72.6 Å². The van der Waals surface area contributed by atoms with Gasteiger partial charge in [0.15, 0.2) is 11.8 Å². The topological polar surface area (TPSA) is 82.1 Å². The maximum Gasteiger partial charge on any atom is 0.379 e. The number of nitrogens with zero attached hydrogens (tertiary/aromatic N) is 1. The molecule has 27 heavy (non-hydrogen) atoms. The van der Waals surface area contributed by atoms with Crippen molar-refractivity contribution in [2.75, 3.05) is 19.7 Å². The van der Waals surface area contributed by atoms with E-state index in [4.69, 9.17) is 14.2 Å². The normalized spacial score (nSPS) is 21.5. The summed E-state index contributed by atoms with van der Waals surface area (Å²) in [5, 5.41) is 0. The molecular formula is C20H33NO6. The van der Waals surface area contributed by atoms with Gasteiger partial charge in [0.2, 0.25) is 0 Å². The minimum absolute atomic E-state index is 0.248. The summed E-state index contributed by atoms with van der Waals surface area (Å²) in [6.45, 7) is 8.44. The molecule has 0 aromatic heterocycles. The molecule has 1 atom stereocenters. The molecule has 1 aliphatic heterocycles. The van der Waals surface area contributed by atoms with E-state index < -0.39 is 35.2 Å². The molecule has 0 aromatic rings. The predicted molar refractivity (Wildman–Crippen MR) is 99.0 cm³/mol. The Bertz CT molecular complexity index is 541. The molecular weight excluding hydrogens is 350 g/mol. The zero-order valence-electron chi connectivity index (χ0n) is 17.0. The number of hydrogen-bond acceptors (Lipinski definition) is 7. The number of hydrogen-bond donors (Lipinski definition) is 0. The van der Waals surface area contributed by atoms with E-state index in [1.54, 1.807) is 27.7 Å². The lowest BCUT2D eigenvalue weighted by Crippen LogP contribution is -2.55. The molecule has 1 unspecified atom stereocenters. The lowest BCUT2D eigenvalue weighted by atomic mass is 9.84. The second-order valence-corrected chi connectivity index (χ2v) is 8.35. The Morgan fingerprint density at radius 1 is 1.00 bits per heavy atom. The molecule has 0 amide bonds. The first kappa shape index (κ1) is 21.8. The maximum atomic E-state index is 12.9. The van der Waals surface area contributed by atoms with Crippen LogP contribution < -0.4 is 0 Å². The van der Waals surface area contributed by atoms with Gasteiger partial charge in [-0.1, -0.05) is 6.42 Å². The van der Waals surface area contributed by atoms with Crippen molar-refractivity contribution in [1.82, 2.24) is 4.90 Å². The highest BCUT2D eigenvalue weighted by molar-refractivity contribution is 6.35. The monoisotopic (exact) mass is 383 g/mol. The molecule has 0 aromatic carbocycles. The lowest BCUT2D eigenvalue weighted by molar-refractivity contribution is -0.205. The molecule has 1 aliphatic carbocycles. The molecule has 1 saturated carbocycles. The van der Waals surface area contributed by atoms with E-state index >= 15 is 0 Å². The summed E-state index contributed by atoms with van der Waals surface area (Å²) in [6, 6.07) is 0. The Labute approximate surface area is 161 Å². The van der Waals surface area contributed by atoms with Crippen LogP contribution >= 0.6 is 0 Å². The second kappa shape index (κ2) is 9.15. The molecule has 0 N–H and O–H groups in total. The Morgan fingerprint density at radius 2 is 1.59 bits per heavy atom. The van der Waals surface area contributed by atoms with Crippen LogP contribution in [0.3, 0.4) is 0 Å². The van der Waals surface area contributed by atoms with Gasteiger partial charge >= 0.3 is 11.9 Å². The van der Waals surface area contributed by atoms with Crippen molar-refractivity contribution in [2.24, 2.45) is 0 Å². The third-order valence-corrected chi connectivity index (χ3v) is 4.94. The highest BCUT2D eigenvalue weighted by Gasteiger charge is 2.48. The molecule has 0 spiro atoms. The molecule has 154 valence electrons. The Kier molecular flexibility index (Phi) is 7.40. The minimum atomic E-state index is -1.17. The van der Waals surface area contributed by atoms with Gasteiger partial charge in [-0.2, -0.15) is 0 Å². The third kappa shape index (κ3) is 5.75. The van der Waals surface area contributed by atoms with Crippen molar-refractivity contribution in [2.45, 2.75) is 90.1 Å². The van der Waals surface area contributed by atoms with Crippen LogP contribution in [0.5, 0.6) is 0 Å². The van der Waals surface area contributed by atoms with Gasteiger partial charge in [-0.3, -0.25) is 9.69 Å². The molecule has 2 rings (SSSR count). The summed E-state index contributed by atoms with van der Waals surface area (Å²) < 4.78 is 16.7. The number of carbonyl (C=O) groups excluding carboxylic acids is 3. The number of carbonyl (C=O) groups is 3. The highest BCUT2D eigenvalue weighted by Crippen LogP contribution is 2.35. The Balaban J connectivity index is 2.25. The molecule has 7 nitrogen and oxygen atoms in total. The average molecular weight is 383 g/mol. The number of rotatable bonds is 7. The molecule has 2 aliphatic rings. The highest BCUT2D eigenvalue weighted by atomic mass is 16.6. The van der Waals surface area contributed by atoms with E-state index in [2.05, 4.69) is 0 Å². The van der Waals surface area contributed by atoms with Crippen LogP contribution in [0, 0.1) is 0 Å². The van der Waals surface area contributed by atoms with Crippen LogP contribution in [0.2, 0.25) is 0 Å². The summed E-state index contributed by atoms with van der Waals surface area (Å²) in [7, 11) is 0. The summed E-state index contributed by atoms with van der Waals surface area (Å²) >= 11 is 0. The van der Waals surface area contributed by atoms with Crippen LogP contribution in [0.4, 0.5) is 0 Å². The van der Waals surface area contributed by atoms with E-state index in [0.717, 1.165) is 32.1 Å². The van der Waals surface area contributed by atoms with Crippen LogP contribution in [0.25, 0.3) is 0 Å². The summed E-state index contributed by atoms with van der Waals surface area (Å²) in [5.41, 5.74) is -1.94.